The summed E-state index contributed by atoms with van der Waals surface area (Å²) in [6.07, 6.45) is 0. The molecule has 0 aromatic carbocycles. The van der Waals surface area contributed by atoms with Crippen molar-refractivity contribution in [3.05, 3.63) is 0 Å². The number of hydrogen-bond acceptors (Lipinski definition) is 4. The van der Waals surface area contributed by atoms with E-state index in [0.29, 0.717) is 0 Å². The fraction of sp³-hybridized carbons (Fsp3) is 0. The molecule has 0 amide bonds. The molecule has 44 valence electrons. The van der Waals surface area contributed by atoms with Gasteiger partial charge in [0, 0.05) is 42.1 Å². The first-order valence-electron chi connectivity index (χ1n) is 0.730. The molecular weight excluding hydrogens is 463 g/mol. The molecule has 0 saturated carbocycles. The van der Waals surface area contributed by atoms with E-state index in [0.717, 1.165) is 0 Å². The van der Waals surface area contributed by atoms with Crippen molar-refractivity contribution in [2.45, 2.75) is 0 Å². The first-order valence-corrected chi connectivity index (χ1v) is 2.19. The molecule has 0 saturated heterocycles. The van der Waals surface area contributed by atoms with E-state index in [9.17, 15) is 0 Å². The second kappa shape index (κ2) is 5.62. The Balaban J connectivity index is -0.0000000800. The van der Waals surface area contributed by atoms with Crippen molar-refractivity contribution in [1.82, 2.24) is 0 Å². The standard InChI is InChI=1S/H3O4P.2W/c1-5(2,3)4;;/h(H3,1,2,3,4);;/p-3. The molecule has 0 aliphatic carbocycles. The maximum absolute atomic E-state index is 8.55. The molecule has 7 heteroatoms. The molecule has 0 unspecified atom stereocenters. The number of phosphoric acid groups is 1. The molecule has 0 aromatic rings. The van der Waals surface area contributed by atoms with Crippen LogP contribution >= 0.6 is 7.82 Å². The molecule has 7 heavy (non-hydrogen) atoms. The molecule has 0 fully saturated rings. The van der Waals surface area contributed by atoms with Crippen molar-refractivity contribution in [2.24, 2.45) is 0 Å². The van der Waals surface area contributed by atoms with Gasteiger partial charge in [-0.1, -0.05) is 0 Å². The van der Waals surface area contributed by atoms with Gasteiger partial charge >= 0.3 is 0 Å². The van der Waals surface area contributed by atoms with E-state index >= 15 is 0 Å². The zero-order chi connectivity index (χ0) is 4.50. The molecule has 4 nitrogen and oxygen atoms in total. The predicted molar refractivity (Wildman–Crippen MR) is 7.61 cm³/mol. The number of hydrogen-bond donors (Lipinski definition) is 0. The van der Waals surface area contributed by atoms with Crippen LogP contribution in [-0.4, -0.2) is 0 Å². The van der Waals surface area contributed by atoms with E-state index in [2.05, 4.69) is 0 Å². The van der Waals surface area contributed by atoms with Crippen LogP contribution in [0.15, 0.2) is 0 Å². The van der Waals surface area contributed by atoms with Crippen LogP contribution in [0.3, 0.4) is 0 Å². The van der Waals surface area contributed by atoms with Gasteiger partial charge in [0.15, 0.2) is 0 Å². The molecular formula is O4PW2-3. The quantitative estimate of drug-likeness (QED) is 0.363. The summed E-state index contributed by atoms with van der Waals surface area (Å²) in [7, 11) is -5.39. The van der Waals surface area contributed by atoms with Crippen molar-refractivity contribution in [3.8, 4) is 0 Å². The zero-order valence-electron chi connectivity index (χ0n) is 2.90. The summed E-state index contributed by atoms with van der Waals surface area (Å²) >= 11 is 0. The minimum atomic E-state index is -5.39. The Kier molecular flexibility index (Phi) is 12.7. The van der Waals surface area contributed by atoms with Crippen LogP contribution in [-0.2, 0) is 46.7 Å². The van der Waals surface area contributed by atoms with Gasteiger partial charge < -0.3 is 19.2 Å². The summed E-state index contributed by atoms with van der Waals surface area (Å²) in [5.41, 5.74) is 0. The SMILES string of the molecule is O=P([O-])([O-])[O-].[W].[W]. The van der Waals surface area contributed by atoms with E-state index in [4.69, 9.17) is 19.2 Å². The third kappa shape index (κ3) is 102. The Labute approximate surface area is 69.1 Å². The Bertz CT molecular complexity index is 55.8. The van der Waals surface area contributed by atoms with Crippen molar-refractivity contribution in [3.63, 3.8) is 0 Å². The van der Waals surface area contributed by atoms with E-state index in [1.54, 1.807) is 0 Å². The van der Waals surface area contributed by atoms with Gasteiger partial charge in [0.1, 0.15) is 0 Å². The maximum atomic E-state index is 8.55. The van der Waals surface area contributed by atoms with Crippen molar-refractivity contribution >= 4 is 7.82 Å². The van der Waals surface area contributed by atoms with Gasteiger partial charge in [-0.15, -0.1) is 0 Å². The van der Waals surface area contributed by atoms with E-state index in [-0.39, 0.29) is 42.1 Å². The topological polar surface area (TPSA) is 86.2 Å². The van der Waals surface area contributed by atoms with Crippen LogP contribution in [0.4, 0.5) is 0 Å². The second-order valence-electron chi connectivity index (χ2n) is 0.447. The first-order chi connectivity index (χ1) is 2.00. The maximum Gasteiger partial charge on any atom is 0 e. The normalized spacial score (nSPS) is 8.43. The van der Waals surface area contributed by atoms with Crippen molar-refractivity contribution in [2.75, 3.05) is 0 Å². The van der Waals surface area contributed by atoms with E-state index < -0.39 is 7.82 Å². The summed E-state index contributed by atoms with van der Waals surface area (Å²) in [6.45, 7) is 0. The Morgan fingerprint density at radius 1 is 1.00 bits per heavy atom. The van der Waals surface area contributed by atoms with Crippen LogP contribution < -0.4 is 14.7 Å². The average Bonchev–Trinajstić information content (AvgIpc) is 0.722. The van der Waals surface area contributed by atoms with Gasteiger partial charge in [-0.3, -0.25) is 0 Å². The summed E-state index contributed by atoms with van der Waals surface area (Å²) in [5, 5.41) is 0. The minimum Gasteiger partial charge on any atom is -0.822 e. The Morgan fingerprint density at radius 2 is 1.00 bits per heavy atom. The smallest absolute Gasteiger partial charge is 0 e. The summed E-state index contributed by atoms with van der Waals surface area (Å²) in [5.74, 6) is 0. The summed E-state index contributed by atoms with van der Waals surface area (Å²) in [6, 6.07) is 0. The molecule has 0 aliphatic rings. The minimum absolute atomic E-state index is 0. The molecule has 0 N–H and O–H groups in total. The molecule has 0 spiro atoms. The Hall–Kier alpha value is 1.49. The Morgan fingerprint density at radius 3 is 1.00 bits per heavy atom. The van der Waals surface area contributed by atoms with Crippen LogP contribution in [0.5, 0.6) is 0 Å². The van der Waals surface area contributed by atoms with Gasteiger partial charge in [0.05, 0.1) is 0 Å². The van der Waals surface area contributed by atoms with Crippen molar-refractivity contribution < 1.29 is 61.4 Å². The third-order valence-corrected chi connectivity index (χ3v) is 0. The molecule has 0 heterocycles. The summed E-state index contributed by atoms with van der Waals surface area (Å²) < 4.78 is 8.55. The van der Waals surface area contributed by atoms with Gasteiger partial charge in [-0.2, -0.15) is 7.82 Å². The van der Waals surface area contributed by atoms with Gasteiger partial charge in [0.2, 0.25) is 0 Å². The average molecular weight is 463 g/mol. The van der Waals surface area contributed by atoms with E-state index in [1.807, 2.05) is 0 Å². The molecule has 0 aliphatic heterocycles. The largest absolute Gasteiger partial charge is 0.822 e. The monoisotopic (exact) mass is 463 g/mol. The molecule has 0 aromatic heterocycles. The fourth-order valence-electron chi connectivity index (χ4n) is 0. The predicted octanol–water partition coefficient (Wildman–Crippen LogP) is -2.83. The van der Waals surface area contributed by atoms with Gasteiger partial charge in [-0.25, -0.2) is 0 Å². The zero-order valence-corrected chi connectivity index (χ0v) is 9.66. The number of rotatable bonds is 0. The van der Waals surface area contributed by atoms with Crippen LogP contribution in [0, 0.1) is 0 Å². The molecule has 0 bridgehead atoms. The van der Waals surface area contributed by atoms with Crippen LogP contribution in [0.2, 0.25) is 0 Å². The van der Waals surface area contributed by atoms with Crippen molar-refractivity contribution in [1.29, 1.82) is 0 Å². The fourth-order valence-corrected chi connectivity index (χ4v) is 0. The molecule has 0 radical (unpaired) electrons. The van der Waals surface area contributed by atoms with Gasteiger partial charge in [0.25, 0.3) is 0 Å². The van der Waals surface area contributed by atoms with Gasteiger partial charge in [-0.05, 0) is 0 Å². The molecule has 0 atom stereocenters. The van der Waals surface area contributed by atoms with Crippen LogP contribution in [0.1, 0.15) is 0 Å². The van der Waals surface area contributed by atoms with Crippen LogP contribution in [0.25, 0.3) is 0 Å². The molecule has 0 rings (SSSR count). The van der Waals surface area contributed by atoms with E-state index in [1.165, 1.54) is 0 Å². The third-order valence-electron chi connectivity index (χ3n) is 0. The second-order valence-corrected chi connectivity index (χ2v) is 1.34. The summed E-state index contributed by atoms with van der Waals surface area (Å²) in [4.78, 5) is 25.6. The first kappa shape index (κ1) is 15.8.